The van der Waals surface area contributed by atoms with Crippen LogP contribution < -0.4 is 4.72 Å². The fourth-order valence-corrected chi connectivity index (χ4v) is 5.50. The number of aryl methyl sites for hydroxylation is 2. The van der Waals surface area contributed by atoms with Crippen LogP contribution in [0.3, 0.4) is 0 Å². The van der Waals surface area contributed by atoms with Crippen LogP contribution in [-0.4, -0.2) is 36.8 Å². The second kappa shape index (κ2) is 7.81. The second-order valence-electron chi connectivity index (χ2n) is 8.86. The third-order valence-corrected chi connectivity index (χ3v) is 7.44. The molecule has 0 fully saturated rings. The minimum atomic E-state index is -4.02. The molecule has 2 aliphatic rings. The number of carbonyl (C=O) groups excluding carboxylic acids is 1. The molecule has 0 aliphatic heterocycles. The summed E-state index contributed by atoms with van der Waals surface area (Å²) in [5, 5.41) is 3.96. The molecule has 0 radical (unpaired) electrons. The molecule has 2 aliphatic carbocycles. The first-order valence-corrected chi connectivity index (χ1v) is 12.0. The molecule has 0 spiro atoms. The van der Waals surface area contributed by atoms with Gasteiger partial charge in [0.05, 0.1) is 18.6 Å². The third kappa shape index (κ3) is 4.16. The predicted octanol–water partition coefficient (Wildman–Crippen LogP) is 2.33. The summed E-state index contributed by atoms with van der Waals surface area (Å²) in [7, 11) is -2.43. The van der Waals surface area contributed by atoms with Crippen molar-refractivity contribution in [1.29, 1.82) is 0 Å². The van der Waals surface area contributed by atoms with E-state index in [1.54, 1.807) is 13.3 Å². The highest BCUT2D eigenvalue weighted by Crippen LogP contribution is 2.35. The number of hydrogen-bond acceptors (Lipinski definition) is 5. The van der Waals surface area contributed by atoms with Crippen molar-refractivity contribution in [2.75, 3.05) is 7.11 Å². The van der Waals surface area contributed by atoms with Crippen molar-refractivity contribution in [2.24, 2.45) is 0 Å². The molecular weight excluding hydrogens is 402 g/mol. The lowest BCUT2D eigenvalue weighted by molar-refractivity contribution is -0.118. The smallest absolute Gasteiger partial charge is 0.283 e. The van der Waals surface area contributed by atoms with Crippen molar-refractivity contribution in [3.63, 3.8) is 0 Å². The molecule has 0 saturated carbocycles. The third-order valence-electron chi connectivity index (χ3n) is 6.17. The van der Waals surface area contributed by atoms with Gasteiger partial charge in [-0.1, -0.05) is 6.07 Å². The van der Waals surface area contributed by atoms with Crippen LogP contribution in [0.4, 0.5) is 0 Å². The normalized spacial score (nSPS) is 15.8. The Morgan fingerprint density at radius 3 is 2.40 bits per heavy atom. The summed E-state index contributed by atoms with van der Waals surface area (Å²) in [6.07, 6.45) is 7.91. The van der Waals surface area contributed by atoms with E-state index in [1.165, 1.54) is 33.0 Å². The molecule has 0 atom stereocenters. The van der Waals surface area contributed by atoms with E-state index in [2.05, 4.69) is 15.9 Å². The lowest BCUT2D eigenvalue weighted by Crippen LogP contribution is -2.33. The first-order valence-electron chi connectivity index (χ1n) is 10.5. The van der Waals surface area contributed by atoms with Gasteiger partial charge in [0.2, 0.25) is 5.91 Å². The van der Waals surface area contributed by atoms with Gasteiger partial charge in [-0.05, 0) is 86.3 Å². The molecule has 0 bridgehead atoms. The zero-order valence-electron chi connectivity index (χ0n) is 17.8. The maximum atomic E-state index is 12.7. The molecule has 1 amide bonds. The molecule has 1 aromatic heterocycles. The van der Waals surface area contributed by atoms with E-state index in [0.717, 1.165) is 44.1 Å². The molecule has 0 unspecified atom stereocenters. The largest absolute Gasteiger partial charge is 0.377 e. The number of amides is 1. The van der Waals surface area contributed by atoms with E-state index in [4.69, 9.17) is 4.74 Å². The molecule has 0 saturated heterocycles. The summed E-state index contributed by atoms with van der Waals surface area (Å²) in [6, 6.07) is 3.70. The Bertz CT molecular complexity index is 1050. The van der Waals surface area contributed by atoms with Crippen LogP contribution in [0.15, 0.2) is 23.4 Å². The summed E-state index contributed by atoms with van der Waals surface area (Å²) in [4.78, 5) is 12.7. The minimum Gasteiger partial charge on any atom is -0.377 e. The monoisotopic (exact) mass is 431 g/mol. The Hall–Kier alpha value is -2.19. The van der Waals surface area contributed by atoms with E-state index >= 15 is 0 Å². The second-order valence-corrected chi connectivity index (χ2v) is 10.5. The van der Waals surface area contributed by atoms with Gasteiger partial charge in [0.15, 0.2) is 5.03 Å². The van der Waals surface area contributed by atoms with Crippen molar-refractivity contribution in [2.45, 2.75) is 76.0 Å². The van der Waals surface area contributed by atoms with Gasteiger partial charge in [-0.25, -0.2) is 4.72 Å². The SMILES string of the molecule is COC(C)(C)Cn1ccc(S(=O)(=O)NC(=O)Cc2c3c(cc4c2CCC4)CCC3)n1. The molecule has 2 aromatic rings. The highest BCUT2D eigenvalue weighted by molar-refractivity contribution is 7.90. The number of fused-ring (bicyclic) bond motifs is 2. The Balaban J connectivity index is 1.51. The topological polar surface area (TPSA) is 90.3 Å². The first-order chi connectivity index (χ1) is 14.2. The van der Waals surface area contributed by atoms with Crippen molar-refractivity contribution in [3.8, 4) is 0 Å². The van der Waals surface area contributed by atoms with Gasteiger partial charge < -0.3 is 4.74 Å². The average molecular weight is 432 g/mol. The number of benzene rings is 1. The molecule has 8 heteroatoms. The number of nitrogens with zero attached hydrogens (tertiary/aromatic N) is 2. The van der Waals surface area contributed by atoms with Gasteiger partial charge in [-0.2, -0.15) is 13.5 Å². The fourth-order valence-electron chi connectivity index (χ4n) is 4.58. The predicted molar refractivity (Wildman–Crippen MR) is 113 cm³/mol. The minimum absolute atomic E-state index is 0.0994. The molecule has 1 heterocycles. The zero-order chi connectivity index (χ0) is 21.5. The van der Waals surface area contributed by atoms with Gasteiger partial charge in [-0.3, -0.25) is 9.48 Å². The number of nitrogens with one attached hydrogen (secondary N) is 1. The number of carbonyl (C=O) groups is 1. The van der Waals surface area contributed by atoms with Crippen LogP contribution in [0, 0.1) is 0 Å². The van der Waals surface area contributed by atoms with Crippen LogP contribution in [0.5, 0.6) is 0 Å². The summed E-state index contributed by atoms with van der Waals surface area (Å²) < 4.78 is 34.5. The van der Waals surface area contributed by atoms with Crippen LogP contribution in [0.25, 0.3) is 0 Å². The van der Waals surface area contributed by atoms with E-state index in [-0.39, 0.29) is 11.4 Å². The molecule has 4 rings (SSSR count). The zero-order valence-corrected chi connectivity index (χ0v) is 18.6. The van der Waals surface area contributed by atoms with E-state index < -0.39 is 21.5 Å². The van der Waals surface area contributed by atoms with Gasteiger partial charge in [0.1, 0.15) is 0 Å². The standard InChI is InChI=1S/C22H29N3O4S/c1-22(2,29-3)14-25-11-10-21(23-25)30(27,28)24-20(26)13-19-17-8-4-6-15(17)12-16-7-5-9-18(16)19/h10-12H,4-9,13-14H2,1-3H3,(H,24,26). The van der Waals surface area contributed by atoms with Gasteiger partial charge in [-0.15, -0.1) is 0 Å². The number of methoxy groups -OCH3 is 1. The summed E-state index contributed by atoms with van der Waals surface area (Å²) >= 11 is 0. The molecule has 162 valence electrons. The van der Waals surface area contributed by atoms with Crippen molar-refractivity contribution in [1.82, 2.24) is 14.5 Å². The maximum absolute atomic E-state index is 12.7. The van der Waals surface area contributed by atoms with Crippen LogP contribution in [0.1, 0.15) is 54.5 Å². The molecule has 7 nitrogen and oxygen atoms in total. The van der Waals surface area contributed by atoms with Gasteiger partial charge in [0, 0.05) is 13.3 Å². The average Bonchev–Trinajstić information content (AvgIpc) is 3.40. The maximum Gasteiger partial charge on any atom is 0.283 e. The van der Waals surface area contributed by atoms with Gasteiger partial charge in [0.25, 0.3) is 10.0 Å². The molecule has 30 heavy (non-hydrogen) atoms. The lowest BCUT2D eigenvalue weighted by Gasteiger charge is -2.22. The quantitative estimate of drug-likeness (QED) is 0.727. The molecule has 1 N–H and O–H groups in total. The Morgan fingerprint density at radius 2 is 1.80 bits per heavy atom. The Labute approximate surface area is 177 Å². The van der Waals surface area contributed by atoms with E-state index in [0.29, 0.717) is 6.54 Å². The summed E-state index contributed by atoms with van der Waals surface area (Å²) in [5.74, 6) is -0.504. The summed E-state index contributed by atoms with van der Waals surface area (Å²) in [5.41, 5.74) is 5.76. The van der Waals surface area contributed by atoms with Crippen molar-refractivity contribution < 1.29 is 17.9 Å². The highest BCUT2D eigenvalue weighted by atomic mass is 32.2. The first kappa shape index (κ1) is 21.1. The molecule has 1 aromatic carbocycles. The number of rotatable bonds is 7. The van der Waals surface area contributed by atoms with E-state index in [9.17, 15) is 13.2 Å². The Morgan fingerprint density at radius 1 is 1.17 bits per heavy atom. The van der Waals surface area contributed by atoms with Crippen LogP contribution in [-0.2, 0) is 58.2 Å². The summed E-state index contributed by atoms with van der Waals surface area (Å²) in [6.45, 7) is 4.18. The van der Waals surface area contributed by atoms with E-state index in [1.807, 2.05) is 13.8 Å². The van der Waals surface area contributed by atoms with Crippen LogP contribution in [0.2, 0.25) is 0 Å². The number of sulfonamides is 1. The molecular formula is C22H29N3O4S. The van der Waals surface area contributed by atoms with Gasteiger partial charge >= 0.3 is 0 Å². The fraction of sp³-hybridized carbons (Fsp3) is 0.545. The lowest BCUT2D eigenvalue weighted by atomic mass is 9.92. The number of ether oxygens (including phenoxy) is 1. The number of aromatic nitrogens is 2. The van der Waals surface area contributed by atoms with Crippen LogP contribution >= 0.6 is 0 Å². The number of hydrogen-bond donors (Lipinski definition) is 1. The van der Waals surface area contributed by atoms with Crippen molar-refractivity contribution >= 4 is 15.9 Å². The van der Waals surface area contributed by atoms with Crippen molar-refractivity contribution in [3.05, 3.63) is 46.1 Å². The highest BCUT2D eigenvalue weighted by Gasteiger charge is 2.27. The Kier molecular flexibility index (Phi) is 5.48.